The number of hydrogen-bond acceptors (Lipinski definition) is 7. The van der Waals surface area contributed by atoms with Crippen molar-refractivity contribution in [1.29, 1.82) is 0 Å². The third-order valence-corrected chi connectivity index (χ3v) is 7.42. The Morgan fingerprint density at radius 2 is 2.00 bits per heavy atom. The normalized spacial score (nSPS) is 18.8. The molecule has 0 aliphatic carbocycles. The van der Waals surface area contributed by atoms with Crippen LogP contribution in [0.15, 0.2) is 30.3 Å². The van der Waals surface area contributed by atoms with Gasteiger partial charge in [-0.1, -0.05) is 48.6 Å². The van der Waals surface area contributed by atoms with E-state index >= 15 is 0 Å². The van der Waals surface area contributed by atoms with Gasteiger partial charge in [-0.25, -0.2) is 0 Å². The standard InChI is InChI=1S/C24H34N6O2S/c1-2-28(17-19-9-4-3-5-10-19)14-8-13-25-22(32)20-11-6-15-29(18-20)23-26-27-24(33-23)30-16-7-12-21(30)31/h3-5,9-10,20H,2,6-8,11-18H2,1H3,(H,25,32)/t20-/m1/s1. The van der Waals surface area contributed by atoms with Gasteiger partial charge in [-0.05, 0) is 37.8 Å². The summed E-state index contributed by atoms with van der Waals surface area (Å²) in [6.45, 7) is 8.02. The number of nitrogens with zero attached hydrogens (tertiary/aromatic N) is 5. The van der Waals surface area contributed by atoms with E-state index in [1.807, 2.05) is 6.07 Å². The lowest BCUT2D eigenvalue weighted by Gasteiger charge is -2.31. The smallest absolute Gasteiger partial charge is 0.228 e. The van der Waals surface area contributed by atoms with Crippen LogP contribution in [-0.4, -0.2) is 66.2 Å². The number of nitrogens with one attached hydrogen (secondary N) is 1. The van der Waals surface area contributed by atoms with Crippen molar-refractivity contribution < 1.29 is 9.59 Å². The molecule has 178 valence electrons. The molecule has 4 rings (SSSR count). The Bertz CT molecular complexity index is 921. The molecule has 8 nitrogen and oxygen atoms in total. The Morgan fingerprint density at radius 3 is 2.76 bits per heavy atom. The maximum Gasteiger partial charge on any atom is 0.228 e. The Morgan fingerprint density at radius 1 is 1.18 bits per heavy atom. The van der Waals surface area contributed by atoms with E-state index in [1.165, 1.54) is 16.9 Å². The summed E-state index contributed by atoms with van der Waals surface area (Å²) < 4.78 is 0. The van der Waals surface area contributed by atoms with Crippen LogP contribution in [0.1, 0.15) is 44.6 Å². The summed E-state index contributed by atoms with van der Waals surface area (Å²) in [6.07, 6.45) is 4.25. The maximum absolute atomic E-state index is 12.8. The Labute approximate surface area is 200 Å². The summed E-state index contributed by atoms with van der Waals surface area (Å²) in [7, 11) is 0. The molecule has 1 atom stereocenters. The Balaban J connectivity index is 1.21. The zero-order valence-corrected chi connectivity index (χ0v) is 20.2. The van der Waals surface area contributed by atoms with Gasteiger partial charge in [-0.15, -0.1) is 10.2 Å². The van der Waals surface area contributed by atoms with Crippen LogP contribution in [0.25, 0.3) is 0 Å². The Hall–Kier alpha value is -2.52. The molecular weight excluding hydrogens is 436 g/mol. The van der Waals surface area contributed by atoms with Crippen molar-refractivity contribution in [2.24, 2.45) is 5.92 Å². The highest BCUT2D eigenvalue weighted by Gasteiger charge is 2.30. The molecule has 2 aliphatic rings. The maximum atomic E-state index is 12.8. The second kappa shape index (κ2) is 11.6. The van der Waals surface area contributed by atoms with E-state index in [1.54, 1.807) is 4.90 Å². The lowest BCUT2D eigenvalue weighted by Crippen LogP contribution is -2.43. The molecule has 1 N–H and O–H groups in total. The Kier molecular flexibility index (Phi) is 8.28. The molecule has 1 aromatic heterocycles. The number of rotatable bonds is 10. The van der Waals surface area contributed by atoms with Crippen LogP contribution < -0.4 is 15.1 Å². The molecule has 33 heavy (non-hydrogen) atoms. The van der Waals surface area contributed by atoms with Gasteiger partial charge in [-0.3, -0.25) is 19.4 Å². The first-order valence-corrected chi connectivity index (χ1v) is 12.9. The van der Waals surface area contributed by atoms with Gasteiger partial charge in [0.25, 0.3) is 0 Å². The minimum absolute atomic E-state index is 0.0360. The molecule has 0 saturated carbocycles. The first-order valence-electron chi connectivity index (χ1n) is 12.1. The van der Waals surface area contributed by atoms with Crippen molar-refractivity contribution in [2.75, 3.05) is 49.1 Å². The average Bonchev–Trinajstić information content (AvgIpc) is 3.50. The summed E-state index contributed by atoms with van der Waals surface area (Å²) in [6, 6.07) is 10.5. The van der Waals surface area contributed by atoms with Crippen LogP contribution in [0, 0.1) is 5.92 Å². The van der Waals surface area contributed by atoms with Gasteiger partial charge < -0.3 is 10.2 Å². The molecule has 1 aromatic carbocycles. The first-order chi connectivity index (χ1) is 16.1. The molecule has 0 unspecified atom stereocenters. The predicted molar refractivity (Wildman–Crippen MR) is 131 cm³/mol. The molecule has 9 heteroatoms. The molecule has 2 aliphatic heterocycles. The van der Waals surface area contributed by atoms with Gasteiger partial charge in [-0.2, -0.15) is 0 Å². The van der Waals surface area contributed by atoms with E-state index < -0.39 is 0 Å². The van der Waals surface area contributed by atoms with Gasteiger partial charge in [0.1, 0.15) is 0 Å². The van der Waals surface area contributed by atoms with Crippen LogP contribution in [0.3, 0.4) is 0 Å². The van der Waals surface area contributed by atoms with Crippen molar-refractivity contribution in [1.82, 2.24) is 20.4 Å². The number of carbonyl (C=O) groups is 2. The second-order valence-corrected chi connectivity index (χ2v) is 9.73. The van der Waals surface area contributed by atoms with Crippen LogP contribution in [0.4, 0.5) is 10.3 Å². The number of anilines is 2. The molecule has 3 heterocycles. The highest BCUT2D eigenvalue weighted by atomic mass is 32.1. The summed E-state index contributed by atoms with van der Waals surface area (Å²) >= 11 is 1.45. The fourth-order valence-corrected chi connectivity index (χ4v) is 5.43. The van der Waals surface area contributed by atoms with E-state index in [0.717, 1.165) is 63.5 Å². The highest BCUT2D eigenvalue weighted by molar-refractivity contribution is 7.19. The lowest BCUT2D eigenvalue weighted by molar-refractivity contribution is -0.125. The summed E-state index contributed by atoms with van der Waals surface area (Å²) in [5, 5.41) is 13.2. The topological polar surface area (TPSA) is 81.7 Å². The van der Waals surface area contributed by atoms with Crippen LogP contribution >= 0.6 is 11.3 Å². The summed E-state index contributed by atoms with van der Waals surface area (Å²) in [4.78, 5) is 31.1. The SMILES string of the molecule is CCN(CCCNC(=O)[C@@H]1CCCN(c2nnc(N3CCCC3=O)s2)C1)Cc1ccccc1. The predicted octanol–water partition coefficient (Wildman–Crippen LogP) is 2.91. The molecule has 0 radical (unpaired) electrons. The van der Waals surface area contributed by atoms with E-state index in [-0.39, 0.29) is 17.7 Å². The monoisotopic (exact) mass is 470 g/mol. The van der Waals surface area contributed by atoms with Crippen LogP contribution in [0.2, 0.25) is 0 Å². The minimum Gasteiger partial charge on any atom is -0.356 e. The van der Waals surface area contributed by atoms with Crippen molar-refractivity contribution in [3.63, 3.8) is 0 Å². The third-order valence-electron chi connectivity index (χ3n) is 6.42. The van der Waals surface area contributed by atoms with E-state index in [4.69, 9.17) is 0 Å². The number of aromatic nitrogens is 2. The van der Waals surface area contributed by atoms with Gasteiger partial charge in [0.05, 0.1) is 5.92 Å². The number of carbonyl (C=O) groups excluding carboxylic acids is 2. The number of hydrogen-bond donors (Lipinski definition) is 1. The van der Waals surface area contributed by atoms with Crippen molar-refractivity contribution in [3.8, 4) is 0 Å². The minimum atomic E-state index is -0.0360. The third kappa shape index (κ3) is 6.29. The molecular formula is C24H34N6O2S. The zero-order chi connectivity index (χ0) is 23.0. The van der Waals surface area contributed by atoms with Gasteiger partial charge in [0.2, 0.25) is 22.1 Å². The average molecular weight is 471 g/mol. The number of piperidine rings is 1. The number of benzene rings is 1. The summed E-state index contributed by atoms with van der Waals surface area (Å²) in [5.41, 5.74) is 1.32. The second-order valence-electron chi connectivity index (χ2n) is 8.80. The zero-order valence-electron chi connectivity index (χ0n) is 19.4. The molecule has 0 spiro atoms. The number of amides is 2. The van der Waals surface area contributed by atoms with Gasteiger partial charge in [0.15, 0.2) is 0 Å². The first kappa shape index (κ1) is 23.6. The fourth-order valence-electron chi connectivity index (χ4n) is 4.51. The molecule has 2 fully saturated rings. The van der Waals surface area contributed by atoms with Crippen molar-refractivity contribution in [2.45, 2.75) is 45.6 Å². The quantitative estimate of drug-likeness (QED) is 0.538. The van der Waals surface area contributed by atoms with E-state index in [9.17, 15) is 9.59 Å². The van der Waals surface area contributed by atoms with Crippen LogP contribution in [0.5, 0.6) is 0 Å². The lowest BCUT2D eigenvalue weighted by atomic mass is 9.97. The van der Waals surface area contributed by atoms with Crippen molar-refractivity contribution in [3.05, 3.63) is 35.9 Å². The fraction of sp³-hybridized carbons (Fsp3) is 0.583. The highest BCUT2D eigenvalue weighted by Crippen LogP contribution is 2.32. The van der Waals surface area contributed by atoms with Crippen LogP contribution in [-0.2, 0) is 16.1 Å². The molecule has 2 aromatic rings. The summed E-state index contributed by atoms with van der Waals surface area (Å²) in [5.74, 6) is 0.218. The van der Waals surface area contributed by atoms with Gasteiger partial charge >= 0.3 is 0 Å². The van der Waals surface area contributed by atoms with E-state index in [2.05, 4.69) is 56.5 Å². The molecule has 0 bridgehead atoms. The van der Waals surface area contributed by atoms with Gasteiger partial charge in [0, 0.05) is 45.7 Å². The molecule has 2 saturated heterocycles. The largest absolute Gasteiger partial charge is 0.356 e. The van der Waals surface area contributed by atoms with Crippen molar-refractivity contribution >= 4 is 33.4 Å². The molecule has 2 amide bonds. The van der Waals surface area contributed by atoms with E-state index in [0.29, 0.717) is 24.6 Å².